The van der Waals surface area contributed by atoms with Crippen molar-refractivity contribution < 1.29 is 24.1 Å². The van der Waals surface area contributed by atoms with Crippen molar-refractivity contribution in [1.82, 2.24) is 0 Å². The zero-order valence-electron chi connectivity index (χ0n) is 21.7. The van der Waals surface area contributed by atoms with Crippen molar-refractivity contribution >= 4 is 12.0 Å². The Hall–Kier alpha value is -2.01. The van der Waals surface area contributed by atoms with Gasteiger partial charge < -0.3 is 19.3 Å². The maximum absolute atomic E-state index is 11.7. The summed E-state index contributed by atoms with van der Waals surface area (Å²) >= 11 is 0. The predicted molar refractivity (Wildman–Crippen MR) is 134 cm³/mol. The largest absolute Gasteiger partial charge is 0.493 e. The van der Waals surface area contributed by atoms with Gasteiger partial charge in [-0.3, -0.25) is 4.79 Å². The number of hydrogen-bond donors (Lipinski definition) is 1. The normalized spacial score (nSPS) is 36.8. The monoisotopic (exact) mass is 470 g/mol. The Morgan fingerprint density at radius 1 is 1.18 bits per heavy atom. The van der Waals surface area contributed by atoms with Crippen LogP contribution in [-0.4, -0.2) is 35.0 Å². The minimum atomic E-state index is -0.803. The van der Waals surface area contributed by atoms with Gasteiger partial charge in [0.2, 0.25) is 0 Å². The minimum absolute atomic E-state index is 0.0157. The summed E-state index contributed by atoms with van der Waals surface area (Å²) < 4.78 is 18.3. The molecule has 1 aromatic carbocycles. The van der Waals surface area contributed by atoms with E-state index in [0.29, 0.717) is 18.4 Å². The van der Waals surface area contributed by atoms with Gasteiger partial charge in [-0.25, -0.2) is 0 Å². The van der Waals surface area contributed by atoms with E-state index in [1.54, 1.807) is 0 Å². The second-order valence-electron chi connectivity index (χ2n) is 12.0. The zero-order valence-corrected chi connectivity index (χ0v) is 21.7. The Morgan fingerprint density at radius 2 is 1.94 bits per heavy atom. The average molecular weight is 471 g/mol. The molecule has 6 atom stereocenters. The van der Waals surface area contributed by atoms with Gasteiger partial charge in [0.25, 0.3) is 0 Å². The van der Waals surface area contributed by atoms with E-state index in [9.17, 15) is 9.90 Å². The summed E-state index contributed by atoms with van der Waals surface area (Å²) in [6, 6.07) is 6.02. The highest BCUT2D eigenvalue weighted by Gasteiger charge is 2.55. The number of fused-ring (bicyclic) bond motifs is 2. The highest BCUT2D eigenvalue weighted by molar-refractivity contribution is 5.66. The van der Waals surface area contributed by atoms with Crippen molar-refractivity contribution in [2.75, 3.05) is 6.61 Å². The zero-order chi connectivity index (χ0) is 24.7. The Balaban J connectivity index is 1.54. The number of carbonyl (C=O) groups is 1. The maximum atomic E-state index is 11.7. The molecule has 34 heavy (non-hydrogen) atoms. The molecule has 2 fully saturated rings. The fourth-order valence-corrected chi connectivity index (χ4v) is 6.65. The van der Waals surface area contributed by atoms with Crippen LogP contribution in [0.25, 0.3) is 6.08 Å². The summed E-state index contributed by atoms with van der Waals surface area (Å²) in [6.07, 6.45) is 9.57. The summed E-state index contributed by atoms with van der Waals surface area (Å²) in [7, 11) is 0. The highest BCUT2D eigenvalue weighted by atomic mass is 16.5. The lowest BCUT2D eigenvalue weighted by molar-refractivity contribution is -0.149. The van der Waals surface area contributed by atoms with Crippen LogP contribution >= 0.6 is 0 Å². The van der Waals surface area contributed by atoms with Gasteiger partial charge in [-0.2, -0.15) is 0 Å². The first-order valence-electron chi connectivity index (χ1n) is 12.9. The summed E-state index contributed by atoms with van der Waals surface area (Å²) in [5.74, 6) is 2.17. The number of esters is 1. The maximum Gasteiger partial charge on any atom is 0.302 e. The Kier molecular flexibility index (Phi) is 6.80. The minimum Gasteiger partial charge on any atom is -0.493 e. The first-order valence-corrected chi connectivity index (χ1v) is 12.9. The molecule has 188 valence electrons. The van der Waals surface area contributed by atoms with E-state index >= 15 is 0 Å². The van der Waals surface area contributed by atoms with Gasteiger partial charge >= 0.3 is 5.97 Å². The number of aliphatic hydroxyl groups is 1. The van der Waals surface area contributed by atoms with Crippen LogP contribution in [0.4, 0.5) is 0 Å². The van der Waals surface area contributed by atoms with Crippen molar-refractivity contribution in [3.8, 4) is 11.5 Å². The Labute approximate surface area is 204 Å². The summed E-state index contributed by atoms with van der Waals surface area (Å²) in [6.45, 7) is 12.6. The number of benzene rings is 1. The molecule has 0 radical (unpaired) electrons. The van der Waals surface area contributed by atoms with Crippen molar-refractivity contribution in [3.63, 3.8) is 0 Å². The van der Waals surface area contributed by atoms with Crippen molar-refractivity contribution in [1.29, 1.82) is 0 Å². The van der Waals surface area contributed by atoms with Crippen molar-refractivity contribution in [3.05, 3.63) is 29.8 Å². The van der Waals surface area contributed by atoms with E-state index in [1.807, 2.05) is 25.1 Å². The predicted octanol–water partition coefficient (Wildman–Crippen LogP) is 6.17. The molecule has 0 bridgehead atoms. The molecule has 0 amide bonds. The summed E-state index contributed by atoms with van der Waals surface area (Å²) in [5, 5.41) is 11.5. The Bertz CT molecular complexity index is 932. The number of rotatable bonds is 4. The van der Waals surface area contributed by atoms with E-state index in [1.165, 1.54) is 6.92 Å². The molecule has 2 aliphatic carbocycles. The molecule has 6 unspecified atom stereocenters. The molecule has 2 saturated carbocycles. The number of ether oxygens (including phenoxy) is 3. The third-order valence-electron chi connectivity index (χ3n) is 8.75. The molecular formula is C29H42O5. The van der Waals surface area contributed by atoms with Crippen LogP contribution in [0.2, 0.25) is 0 Å². The lowest BCUT2D eigenvalue weighted by Crippen LogP contribution is -2.54. The smallest absolute Gasteiger partial charge is 0.302 e. The highest BCUT2D eigenvalue weighted by Crippen LogP contribution is 2.56. The summed E-state index contributed by atoms with van der Waals surface area (Å²) in [5.41, 5.74) is -0.0895. The topological polar surface area (TPSA) is 65.0 Å². The van der Waals surface area contributed by atoms with Gasteiger partial charge in [0.1, 0.15) is 23.2 Å². The second-order valence-corrected chi connectivity index (χ2v) is 12.0. The molecular weight excluding hydrogens is 428 g/mol. The average Bonchev–Trinajstić information content (AvgIpc) is 2.95. The van der Waals surface area contributed by atoms with Crippen molar-refractivity contribution in [2.24, 2.45) is 23.2 Å². The van der Waals surface area contributed by atoms with Crippen LogP contribution in [0.3, 0.4) is 0 Å². The molecule has 4 rings (SSSR count). The van der Waals surface area contributed by atoms with Crippen LogP contribution in [0.15, 0.2) is 24.3 Å². The van der Waals surface area contributed by atoms with Gasteiger partial charge in [-0.1, -0.05) is 26.0 Å². The van der Waals surface area contributed by atoms with Crippen LogP contribution in [0, 0.1) is 23.2 Å². The molecule has 0 aromatic heterocycles. The number of hydrogen-bond acceptors (Lipinski definition) is 5. The second kappa shape index (κ2) is 9.22. The van der Waals surface area contributed by atoms with Gasteiger partial charge in [0.15, 0.2) is 0 Å². The SMILES string of the molecule is CC(=O)OC1CCC2(C)C(CCC(C)(O)C2COc2ccc3c(c2)OC(C)(C)CC=C3)CC1C. The molecule has 5 heteroatoms. The molecule has 1 N–H and O–H groups in total. The fourth-order valence-electron chi connectivity index (χ4n) is 6.65. The third-order valence-corrected chi connectivity index (χ3v) is 8.75. The fraction of sp³-hybridized carbons (Fsp3) is 0.690. The third kappa shape index (κ3) is 5.15. The molecule has 1 aromatic rings. The summed E-state index contributed by atoms with van der Waals surface area (Å²) in [4.78, 5) is 11.7. The van der Waals surface area contributed by atoms with E-state index in [4.69, 9.17) is 14.2 Å². The first-order chi connectivity index (χ1) is 15.9. The quantitative estimate of drug-likeness (QED) is 0.533. The van der Waals surface area contributed by atoms with Crippen molar-refractivity contribution in [2.45, 2.75) is 97.4 Å². The van der Waals surface area contributed by atoms with Gasteiger partial charge in [-0.05, 0) is 82.3 Å². The molecule has 1 aliphatic heterocycles. The Morgan fingerprint density at radius 3 is 2.68 bits per heavy atom. The lowest BCUT2D eigenvalue weighted by Gasteiger charge is -2.53. The molecule has 1 heterocycles. The van der Waals surface area contributed by atoms with E-state index in [0.717, 1.165) is 55.6 Å². The molecule has 5 nitrogen and oxygen atoms in total. The first kappa shape index (κ1) is 25.1. The van der Waals surface area contributed by atoms with Gasteiger partial charge in [0, 0.05) is 30.9 Å². The van der Waals surface area contributed by atoms with Gasteiger partial charge in [0.05, 0.1) is 12.2 Å². The van der Waals surface area contributed by atoms with Crippen LogP contribution in [0.5, 0.6) is 11.5 Å². The van der Waals surface area contributed by atoms with E-state index in [-0.39, 0.29) is 29.0 Å². The standard InChI is InChI=1S/C29H42O5/c1-19-16-22-11-15-29(6,31)26(28(22,5)14-12-24(19)33-20(2)30)18-32-23-10-9-21-8-7-13-27(3,4)34-25(21)17-23/h7-10,17,19,22,24,26,31H,11-16,18H2,1-6H3. The molecule has 3 aliphatic rings. The molecule has 0 spiro atoms. The van der Waals surface area contributed by atoms with Crippen LogP contribution < -0.4 is 9.47 Å². The van der Waals surface area contributed by atoms with Gasteiger partial charge in [-0.15, -0.1) is 0 Å². The number of carbonyl (C=O) groups excluding carboxylic acids is 1. The van der Waals surface area contributed by atoms with Crippen LogP contribution in [-0.2, 0) is 9.53 Å². The van der Waals surface area contributed by atoms with Crippen LogP contribution in [0.1, 0.15) is 85.6 Å². The van der Waals surface area contributed by atoms with E-state index in [2.05, 4.69) is 39.8 Å². The lowest BCUT2D eigenvalue weighted by atomic mass is 9.54. The molecule has 0 saturated heterocycles. The van der Waals surface area contributed by atoms with E-state index < -0.39 is 5.60 Å².